The van der Waals surface area contributed by atoms with Crippen LogP contribution in [0.1, 0.15) is 24.0 Å². The molecule has 0 aliphatic heterocycles. The van der Waals surface area contributed by atoms with Gasteiger partial charge >= 0.3 is 12.1 Å². The second-order valence-electron chi connectivity index (χ2n) is 5.93. The summed E-state index contributed by atoms with van der Waals surface area (Å²) in [5, 5.41) is 19.2. The lowest BCUT2D eigenvalue weighted by Gasteiger charge is -2.28. The van der Waals surface area contributed by atoms with Crippen molar-refractivity contribution < 1.29 is 32.9 Å². The van der Waals surface area contributed by atoms with Gasteiger partial charge in [0.1, 0.15) is 5.75 Å². The summed E-state index contributed by atoms with van der Waals surface area (Å²) in [5.41, 5.74) is -3.55. The zero-order valence-corrected chi connectivity index (χ0v) is 14.1. The van der Waals surface area contributed by atoms with Gasteiger partial charge in [-0.05, 0) is 24.1 Å². The van der Waals surface area contributed by atoms with Crippen LogP contribution in [0, 0.1) is 0 Å². The lowest BCUT2D eigenvalue weighted by molar-refractivity contribution is -0.246. The number of hydrogen-bond acceptors (Lipinski definition) is 3. The molecule has 3 rings (SSSR count). The lowest BCUT2D eigenvalue weighted by Crippen LogP contribution is -2.41. The Labute approximate surface area is 151 Å². The zero-order chi connectivity index (χ0) is 19.1. The van der Waals surface area contributed by atoms with E-state index >= 15 is 0 Å². The van der Waals surface area contributed by atoms with Gasteiger partial charge in [-0.1, -0.05) is 35.9 Å². The Hall–Kier alpha value is -2.25. The fourth-order valence-corrected chi connectivity index (χ4v) is 3.42. The minimum atomic E-state index is -4.96. The van der Waals surface area contributed by atoms with E-state index in [0.717, 1.165) is 6.07 Å². The van der Waals surface area contributed by atoms with Crippen molar-refractivity contribution in [1.82, 2.24) is 0 Å². The predicted molar refractivity (Wildman–Crippen MR) is 88.3 cm³/mol. The first kappa shape index (κ1) is 18.5. The molecule has 0 saturated carbocycles. The molecule has 2 aromatic rings. The molecule has 138 valence electrons. The quantitative estimate of drug-likeness (QED) is 0.749. The summed E-state index contributed by atoms with van der Waals surface area (Å²) >= 11 is 6.19. The Kier molecular flexibility index (Phi) is 4.62. The highest BCUT2D eigenvalue weighted by molar-refractivity contribution is 6.34. The molecule has 1 atom stereocenters. The second kappa shape index (κ2) is 6.48. The third-order valence-corrected chi connectivity index (χ3v) is 4.55. The Morgan fingerprint density at radius 2 is 1.88 bits per heavy atom. The highest BCUT2D eigenvalue weighted by Crippen LogP contribution is 2.57. The van der Waals surface area contributed by atoms with Gasteiger partial charge in [-0.15, -0.1) is 0 Å². The number of carbonyl (C=O) groups is 1. The number of fused-ring (bicyclic) bond motifs is 3. The second-order valence-corrected chi connectivity index (χ2v) is 6.33. The molecule has 0 amide bonds. The van der Waals surface area contributed by atoms with Crippen LogP contribution < -0.4 is 4.74 Å². The monoisotopic (exact) mass is 386 g/mol. The maximum absolute atomic E-state index is 13.8. The number of carboxylic acid groups (broad SMARTS) is 1. The first-order valence-electron chi connectivity index (χ1n) is 7.74. The predicted octanol–water partition coefficient (Wildman–Crippen LogP) is 4.36. The molecular formula is C18H14ClF3O4. The van der Waals surface area contributed by atoms with Crippen molar-refractivity contribution in [2.45, 2.75) is 24.6 Å². The van der Waals surface area contributed by atoms with Gasteiger partial charge in [0, 0.05) is 23.1 Å². The van der Waals surface area contributed by atoms with E-state index < -0.39 is 23.3 Å². The Morgan fingerprint density at radius 1 is 1.19 bits per heavy atom. The molecule has 1 aliphatic rings. The van der Waals surface area contributed by atoms with Crippen molar-refractivity contribution in [3.8, 4) is 16.9 Å². The first-order valence-corrected chi connectivity index (χ1v) is 8.11. The molecular weight excluding hydrogens is 373 g/mol. The summed E-state index contributed by atoms with van der Waals surface area (Å²) in [6.45, 7) is -0.00118. The molecule has 4 nitrogen and oxygen atoms in total. The van der Waals surface area contributed by atoms with E-state index in [1.54, 1.807) is 6.07 Å². The molecule has 0 radical (unpaired) electrons. The van der Waals surface area contributed by atoms with Crippen LogP contribution in [0.15, 0.2) is 36.4 Å². The molecule has 0 fully saturated rings. The molecule has 2 N–H and O–H groups in total. The third kappa shape index (κ3) is 2.91. The summed E-state index contributed by atoms with van der Waals surface area (Å²) in [4.78, 5) is 10.5. The highest BCUT2D eigenvalue weighted by Gasteiger charge is 2.61. The number of aliphatic hydroxyl groups is 1. The maximum Gasteiger partial charge on any atom is 0.425 e. The van der Waals surface area contributed by atoms with E-state index in [1.807, 2.05) is 0 Å². The fraction of sp³-hybridized carbons (Fsp3) is 0.278. The molecule has 1 unspecified atom stereocenters. The number of alkyl halides is 3. The fourth-order valence-electron chi connectivity index (χ4n) is 3.10. The normalized spacial score (nSPS) is 18.3. The van der Waals surface area contributed by atoms with Gasteiger partial charge in [0.05, 0.1) is 11.6 Å². The van der Waals surface area contributed by atoms with Gasteiger partial charge in [0.2, 0.25) is 5.60 Å². The Balaban J connectivity index is 2.05. The van der Waals surface area contributed by atoms with E-state index in [9.17, 15) is 23.1 Å². The van der Waals surface area contributed by atoms with E-state index in [0.29, 0.717) is 0 Å². The number of aliphatic carboxylic acids is 1. The SMILES string of the molecule is O=C(O)CCCOc1cc(Cl)c2c(c1)C(O)(C(F)(F)F)c1ccccc1-2. The molecule has 8 heteroatoms. The molecule has 0 spiro atoms. The standard InChI is InChI=1S/C18H14ClF3O4/c19-14-9-10(26-7-3-6-15(23)24)8-13-16(14)11-4-1-2-5-12(11)17(13,25)18(20,21)22/h1-2,4-5,8-9,25H,3,6-7H2,(H,23,24). The van der Waals surface area contributed by atoms with Gasteiger partial charge in [0.25, 0.3) is 0 Å². The summed E-state index contributed by atoms with van der Waals surface area (Å²) < 4.78 is 46.6. The zero-order valence-electron chi connectivity index (χ0n) is 13.3. The molecule has 2 aromatic carbocycles. The topological polar surface area (TPSA) is 66.8 Å². The molecule has 0 heterocycles. The van der Waals surface area contributed by atoms with Gasteiger partial charge < -0.3 is 14.9 Å². The van der Waals surface area contributed by atoms with Crippen LogP contribution in [-0.4, -0.2) is 29.0 Å². The maximum atomic E-state index is 13.8. The summed E-state index contributed by atoms with van der Waals surface area (Å²) in [6, 6.07) is 8.13. The van der Waals surface area contributed by atoms with Crippen LogP contribution in [0.3, 0.4) is 0 Å². The molecule has 0 saturated heterocycles. The summed E-state index contributed by atoms with van der Waals surface area (Å²) in [7, 11) is 0. The van der Waals surface area contributed by atoms with Crippen LogP contribution in [0.4, 0.5) is 13.2 Å². The molecule has 0 aromatic heterocycles. The minimum absolute atomic E-state index is 0.00118. The average Bonchev–Trinajstić information content (AvgIpc) is 2.82. The van der Waals surface area contributed by atoms with E-state index in [1.165, 1.54) is 24.3 Å². The number of carboxylic acids is 1. The van der Waals surface area contributed by atoms with Crippen molar-refractivity contribution in [3.63, 3.8) is 0 Å². The van der Waals surface area contributed by atoms with Gasteiger partial charge in [0.15, 0.2) is 0 Å². The number of hydrogen-bond donors (Lipinski definition) is 2. The number of ether oxygens (including phenoxy) is 1. The smallest absolute Gasteiger partial charge is 0.425 e. The van der Waals surface area contributed by atoms with Crippen LogP contribution in [-0.2, 0) is 10.4 Å². The van der Waals surface area contributed by atoms with Gasteiger partial charge in [-0.2, -0.15) is 13.2 Å². The number of halogens is 4. The molecule has 1 aliphatic carbocycles. The largest absolute Gasteiger partial charge is 0.494 e. The number of rotatable bonds is 5. The Morgan fingerprint density at radius 3 is 2.54 bits per heavy atom. The van der Waals surface area contributed by atoms with E-state index in [2.05, 4.69) is 0 Å². The van der Waals surface area contributed by atoms with Crippen LogP contribution in [0.2, 0.25) is 5.02 Å². The average molecular weight is 387 g/mol. The summed E-state index contributed by atoms with van der Waals surface area (Å²) in [5.74, 6) is -0.961. The lowest BCUT2D eigenvalue weighted by atomic mass is 9.90. The molecule has 0 bridgehead atoms. The van der Waals surface area contributed by atoms with Crippen LogP contribution in [0.5, 0.6) is 5.75 Å². The van der Waals surface area contributed by atoms with Crippen molar-refractivity contribution in [2.75, 3.05) is 6.61 Å². The number of benzene rings is 2. The Bertz CT molecular complexity index is 866. The minimum Gasteiger partial charge on any atom is -0.494 e. The van der Waals surface area contributed by atoms with E-state index in [-0.39, 0.29) is 46.9 Å². The van der Waals surface area contributed by atoms with Crippen LogP contribution >= 0.6 is 11.6 Å². The van der Waals surface area contributed by atoms with Gasteiger partial charge in [-0.3, -0.25) is 4.79 Å². The summed E-state index contributed by atoms with van der Waals surface area (Å²) in [6.07, 6.45) is -4.90. The third-order valence-electron chi connectivity index (χ3n) is 4.25. The van der Waals surface area contributed by atoms with Crippen molar-refractivity contribution in [1.29, 1.82) is 0 Å². The van der Waals surface area contributed by atoms with Gasteiger partial charge in [-0.25, -0.2) is 0 Å². The van der Waals surface area contributed by atoms with Crippen LogP contribution in [0.25, 0.3) is 11.1 Å². The first-order chi connectivity index (χ1) is 12.2. The molecule has 26 heavy (non-hydrogen) atoms. The van der Waals surface area contributed by atoms with E-state index in [4.69, 9.17) is 21.4 Å². The van der Waals surface area contributed by atoms with Crippen molar-refractivity contribution in [2.24, 2.45) is 0 Å². The highest BCUT2D eigenvalue weighted by atomic mass is 35.5. The van der Waals surface area contributed by atoms with Crippen molar-refractivity contribution >= 4 is 17.6 Å². The van der Waals surface area contributed by atoms with Crippen molar-refractivity contribution in [3.05, 3.63) is 52.5 Å².